The Labute approximate surface area is 124 Å². The third kappa shape index (κ3) is 1.93. The number of amides is 3. The van der Waals surface area contributed by atoms with Gasteiger partial charge in [-0.05, 0) is 63.2 Å². The third-order valence-electron chi connectivity index (χ3n) is 6.18. The molecule has 1 atom stereocenters. The van der Waals surface area contributed by atoms with E-state index in [4.69, 9.17) is 0 Å². The molecule has 5 heteroatoms. The Hall–Kier alpha value is -1.39. The molecule has 5 fully saturated rings. The Kier molecular flexibility index (Phi) is 2.72. The standard InChI is InChI=1S/C16H22N2O3/c1-9-14(20)17-13(19)8-18(9)15(21)16-5-10-2-11(6-16)4-12(3-10)7-16/h9-12H,2-8H2,1H3,(H,17,19,20). The van der Waals surface area contributed by atoms with Crippen LogP contribution in [0.4, 0.5) is 0 Å². The predicted molar refractivity (Wildman–Crippen MR) is 74.9 cm³/mol. The molecular weight excluding hydrogens is 268 g/mol. The minimum absolute atomic E-state index is 0.0352. The zero-order valence-electron chi connectivity index (χ0n) is 12.4. The lowest BCUT2D eigenvalue weighted by molar-refractivity contribution is -0.166. The Morgan fingerprint density at radius 3 is 2.14 bits per heavy atom. The highest BCUT2D eigenvalue weighted by molar-refractivity contribution is 6.04. The number of hydrogen-bond donors (Lipinski definition) is 1. The van der Waals surface area contributed by atoms with Gasteiger partial charge in [0, 0.05) is 0 Å². The van der Waals surface area contributed by atoms with Crippen LogP contribution in [0, 0.1) is 23.2 Å². The number of piperazine rings is 1. The maximum atomic E-state index is 13.1. The van der Waals surface area contributed by atoms with Crippen LogP contribution in [-0.2, 0) is 14.4 Å². The maximum Gasteiger partial charge on any atom is 0.249 e. The molecule has 4 bridgehead atoms. The average molecular weight is 290 g/mol. The summed E-state index contributed by atoms with van der Waals surface area (Å²) in [6, 6.07) is -0.525. The first kappa shape index (κ1) is 13.3. The van der Waals surface area contributed by atoms with Crippen molar-refractivity contribution in [2.24, 2.45) is 23.2 Å². The second-order valence-corrected chi connectivity index (χ2v) is 7.72. The molecule has 0 spiro atoms. The van der Waals surface area contributed by atoms with E-state index in [1.54, 1.807) is 6.92 Å². The number of hydrogen-bond acceptors (Lipinski definition) is 3. The summed E-state index contributed by atoms with van der Waals surface area (Å²) in [6.07, 6.45) is 6.75. The first-order valence-corrected chi connectivity index (χ1v) is 8.11. The summed E-state index contributed by atoms with van der Waals surface area (Å²) in [7, 11) is 0. The second-order valence-electron chi connectivity index (χ2n) is 7.72. The van der Waals surface area contributed by atoms with E-state index in [9.17, 15) is 14.4 Å². The lowest BCUT2D eigenvalue weighted by Gasteiger charge is -2.57. The fourth-order valence-corrected chi connectivity index (χ4v) is 5.64. The van der Waals surface area contributed by atoms with Gasteiger partial charge in [-0.1, -0.05) is 0 Å². The zero-order valence-corrected chi connectivity index (χ0v) is 12.4. The summed E-state index contributed by atoms with van der Waals surface area (Å²) in [5.41, 5.74) is -0.277. The molecule has 1 unspecified atom stereocenters. The van der Waals surface area contributed by atoms with Crippen molar-refractivity contribution in [1.82, 2.24) is 10.2 Å². The van der Waals surface area contributed by atoms with Gasteiger partial charge in [0.2, 0.25) is 17.7 Å². The van der Waals surface area contributed by atoms with Crippen molar-refractivity contribution in [3.63, 3.8) is 0 Å². The van der Waals surface area contributed by atoms with Crippen LogP contribution in [0.1, 0.15) is 45.4 Å². The molecule has 4 saturated carbocycles. The minimum atomic E-state index is -0.525. The summed E-state index contributed by atoms with van der Waals surface area (Å²) in [5.74, 6) is 1.43. The molecule has 5 rings (SSSR count). The van der Waals surface area contributed by atoms with Crippen molar-refractivity contribution in [2.75, 3.05) is 6.54 Å². The molecule has 1 N–H and O–H groups in total. The van der Waals surface area contributed by atoms with Gasteiger partial charge in [-0.25, -0.2) is 0 Å². The number of carbonyl (C=O) groups excluding carboxylic acids is 3. The summed E-state index contributed by atoms with van der Waals surface area (Å²) < 4.78 is 0. The molecule has 3 amide bonds. The summed E-state index contributed by atoms with van der Waals surface area (Å²) in [5, 5.41) is 2.32. The SMILES string of the molecule is CC1C(=O)NC(=O)CN1C(=O)C12CC3CC(CC(C3)C1)C2. The van der Waals surface area contributed by atoms with Crippen LogP contribution in [-0.4, -0.2) is 35.2 Å². The molecule has 5 aliphatic rings. The van der Waals surface area contributed by atoms with Crippen LogP contribution >= 0.6 is 0 Å². The van der Waals surface area contributed by atoms with Crippen molar-refractivity contribution in [2.45, 2.75) is 51.5 Å². The Balaban J connectivity index is 1.62. The van der Waals surface area contributed by atoms with Crippen LogP contribution in [0.25, 0.3) is 0 Å². The van der Waals surface area contributed by atoms with Crippen molar-refractivity contribution in [3.05, 3.63) is 0 Å². The highest BCUT2D eigenvalue weighted by atomic mass is 16.2. The number of nitrogens with zero attached hydrogens (tertiary/aromatic N) is 1. The number of nitrogens with one attached hydrogen (secondary N) is 1. The van der Waals surface area contributed by atoms with Gasteiger partial charge in [0.25, 0.3) is 0 Å². The van der Waals surface area contributed by atoms with Crippen LogP contribution in [0.15, 0.2) is 0 Å². The van der Waals surface area contributed by atoms with Crippen LogP contribution in [0.5, 0.6) is 0 Å². The average Bonchev–Trinajstić information content (AvgIpc) is 2.40. The largest absolute Gasteiger partial charge is 0.321 e. The number of imide groups is 1. The van der Waals surface area contributed by atoms with E-state index in [-0.39, 0.29) is 29.7 Å². The van der Waals surface area contributed by atoms with Gasteiger partial charge >= 0.3 is 0 Å². The Morgan fingerprint density at radius 1 is 1.10 bits per heavy atom. The fraction of sp³-hybridized carbons (Fsp3) is 0.812. The van der Waals surface area contributed by atoms with E-state index < -0.39 is 6.04 Å². The first-order valence-electron chi connectivity index (χ1n) is 8.11. The van der Waals surface area contributed by atoms with E-state index in [0.717, 1.165) is 19.3 Å². The quantitative estimate of drug-likeness (QED) is 0.735. The smallest absolute Gasteiger partial charge is 0.249 e. The molecule has 0 aromatic heterocycles. The normalized spacial score (nSPS) is 44.9. The summed E-state index contributed by atoms with van der Waals surface area (Å²) >= 11 is 0. The summed E-state index contributed by atoms with van der Waals surface area (Å²) in [4.78, 5) is 38.1. The molecule has 1 saturated heterocycles. The Bertz CT molecular complexity index is 492. The maximum absolute atomic E-state index is 13.1. The van der Waals surface area contributed by atoms with Gasteiger partial charge in [0.15, 0.2) is 0 Å². The van der Waals surface area contributed by atoms with E-state index in [2.05, 4.69) is 5.32 Å². The molecular formula is C16H22N2O3. The molecule has 21 heavy (non-hydrogen) atoms. The van der Waals surface area contributed by atoms with E-state index in [1.807, 2.05) is 0 Å². The molecule has 0 aromatic rings. The number of carbonyl (C=O) groups is 3. The predicted octanol–water partition coefficient (Wildman–Crippen LogP) is 1.08. The van der Waals surface area contributed by atoms with Crippen molar-refractivity contribution >= 4 is 17.7 Å². The van der Waals surface area contributed by atoms with Crippen molar-refractivity contribution < 1.29 is 14.4 Å². The number of rotatable bonds is 1. The van der Waals surface area contributed by atoms with Crippen LogP contribution in [0.3, 0.4) is 0 Å². The van der Waals surface area contributed by atoms with E-state index in [0.29, 0.717) is 17.8 Å². The molecule has 0 aromatic carbocycles. The van der Waals surface area contributed by atoms with Crippen molar-refractivity contribution in [1.29, 1.82) is 0 Å². The lowest BCUT2D eigenvalue weighted by Crippen LogP contribution is -2.63. The van der Waals surface area contributed by atoms with Crippen LogP contribution in [0.2, 0.25) is 0 Å². The monoisotopic (exact) mass is 290 g/mol. The zero-order chi connectivity index (χ0) is 14.8. The van der Waals surface area contributed by atoms with Crippen LogP contribution < -0.4 is 5.32 Å². The van der Waals surface area contributed by atoms with E-state index in [1.165, 1.54) is 24.2 Å². The van der Waals surface area contributed by atoms with Gasteiger partial charge in [-0.2, -0.15) is 0 Å². The highest BCUT2D eigenvalue weighted by Crippen LogP contribution is 2.60. The topological polar surface area (TPSA) is 66.5 Å². The third-order valence-corrected chi connectivity index (χ3v) is 6.18. The van der Waals surface area contributed by atoms with E-state index >= 15 is 0 Å². The van der Waals surface area contributed by atoms with Gasteiger partial charge < -0.3 is 4.90 Å². The molecule has 1 aliphatic heterocycles. The lowest BCUT2D eigenvalue weighted by atomic mass is 9.49. The van der Waals surface area contributed by atoms with Crippen molar-refractivity contribution in [3.8, 4) is 0 Å². The Morgan fingerprint density at radius 2 is 1.62 bits per heavy atom. The van der Waals surface area contributed by atoms with Gasteiger partial charge in [0.05, 0.1) is 5.41 Å². The molecule has 114 valence electrons. The molecule has 1 heterocycles. The first-order chi connectivity index (χ1) is 9.97. The molecule has 5 nitrogen and oxygen atoms in total. The highest BCUT2D eigenvalue weighted by Gasteiger charge is 2.56. The fourth-order valence-electron chi connectivity index (χ4n) is 5.64. The molecule has 0 radical (unpaired) electrons. The second kappa shape index (κ2) is 4.31. The van der Waals surface area contributed by atoms with Gasteiger partial charge in [-0.15, -0.1) is 0 Å². The summed E-state index contributed by atoms with van der Waals surface area (Å²) in [6.45, 7) is 1.76. The van der Waals surface area contributed by atoms with Gasteiger partial charge in [0.1, 0.15) is 12.6 Å². The minimum Gasteiger partial charge on any atom is -0.321 e. The molecule has 4 aliphatic carbocycles. The van der Waals surface area contributed by atoms with Gasteiger partial charge in [-0.3, -0.25) is 19.7 Å².